The fourth-order valence-corrected chi connectivity index (χ4v) is 1.69. The van der Waals surface area contributed by atoms with Gasteiger partial charge in [-0.2, -0.15) is 0 Å². The molecule has 4 nitrogen and oxygen atoms in total. The Kier molecular flexibility index (Phi) is 3.10. The van der Waals surface area contributed by atoms with Crippen molar-refractivity contribution in [2.75, 3.05) is 7.11 Å². The molecule has 1 aliphatic rings. The summed E-state index contributed by atoms with van der Waals surface area (Å²) in [6.45, 7) is 0. The third kappa shape index (κ3) is 1.72. The molecule has 0 saturated carbocycles. The van der Waals surface area contributed by atoms with Gasteiger partial charge >= 0.3 is 11.9 Å². The van der Waals surface area contributed by atoms with Crippen LogP contribution in [0.3, 0.4) is 0 Å². The van der Waals surface area contributed by atoms with E-state index in [1.807, 2.05) is 0 Å². The summed E-state index contributed by atoms with van der Waals surface area (Å²) in [4.78, 5) is 22.3. The minimum atomic E-state index is -1.39. The molecule has 0 bridgehead atoms. The van der Waals surface area contributed by atoms with Gasteiger partial charge in [0.05, 0.1) is 7.11 Å². The zero-order chi connectivity index (χ0) is 10.8. The molecule has 14 heavy (non-hydrogen) atoms. The molecular formula is C9H9BrO4. The number of carboxylic acid groups (broad SMARTS) is 1. The third-order valence-corrected chi connectivity index (χ3v) is 3.09. The summed E-state index contributed by atoms with van der Waals surface area (Å²) < 4.78 is 3.12. The van der Waals surface area contributed by atoms with Crippen molar-refractivity contribution in [1.29, 1.82) is 0 Å². The second-order valence-corrected chi connectivity index (χ2v) is 4.13. The van der Waals surface area contributed by atoms with Crippen LogP contribution >= 0.6 is 15.9 Å². The summed E-state index contributed by atoms with van der Waals surface area (Å²) in [5, 5.41) is 8.97. The summed E-state index contributed by atoms with van der Waals surface area (Å²) in [5.41, 5.74) is 0. The lowest BCUT2D eigenvalue weighted by atomic mass is 9.88. The van der Waals surface area contributed by atoms with Crippen LogP contribution in [-0.2, 0) is 14.3 Å². The molecule has 1 aliphatic carbocycles. The van der Waals surface area contributed by atoms with Gasteiger partial charge in [-0.25, -0.2) is 0 Å². The smallest absolute Gasteiger partial charge is 0.325 e. The highest BCUT2D eigenvalue weighted by atomic mass is 79.9. The fraction of sp³-hybridized carbons (Fsp3) is 0.333. The number of rotatable bonds is 2. The van der Waals surface area contributed by atoms with Crippen LogP contribution < -0.4 is 0 Å². The van der Waals surface area contributed by atoms with Crippen LogP contribution in [0.4, 0.5) is 0 Å². The number of halogens is 1. The molecule has 0 aliphatic heterocycles. The molecule has 0 aromatic rings. The minimum Gasteiger partial charge on any atom is -0.480 e. The maximum absolute atomic E-state index is 11.3. The van der Waals surface area contributed by atoms with Crippen molar-refractivity contribution in [2.45, 2.75) is 4.32 Å². The summed E-state index contributed by atoms with van der Waals surface area (Å²) in [6, 6.07) is 0. The number of carbonyl (C=O) groups excluding carboxylic acids is 1. The molecule has 76 valence electrons. The maximum Gasteiger partial charge on any atom is 0.325 e. The Morgan fingerprint density at radius 2 is 2.14 bits per heavy atom. The monoisotopic (exact) mass is 260 g/mol. The van der Waals surface area contributed by atoms with Gasteiger partial charge in [-0.05, 0) is 0 Å². The molecule has 0 amide bonds. The van der Waals surface area contributed by atoms with Crippen molar-refractivity contribution >= 4 is 27.9 Å². The van der Waals surface area contributed by atoms with Gasteiger partial charge in [0.1, 0.15) is 5.92 Å². The number of carboxylic acids is 1. The Bertz CT molecular complexity index is 321. The van der Waals surface area contributed by atoms with Crippen molar-refractivity contribution in [1.82, 2.24) is 0 Å². The van der Waals surface area contributed by atoms with Gasteiger partial charge in [0, 0.05) is 0 Å². The van der Waals surface area contributed by atoms with Gasteiger partial charge in [-0.1, -0.05) is 40.2 Å². The molecule has 5 heteroatoms. The number of esters is 1. The van der Waals surface area contributed by atoms with Crippen LogP contribution in [0.25, 0.3) is 0 Å². The van der Waals surface area contributed by atoms with Gasteiger partial charge in [0.2, 0.25) is 0 Å². The van der Waals surface area contributed by atoms with Gasteiger partial charge in [0.15, 0.2) is 4.32 Å². The van der Waals surface area contributed by atoms with Crippen molar-refractivity contribution in [3.05, 3.63) is 24.3 Å². The van der Waals surface area contributed by atoms with Crippen molar-refractivity contribution in [3.8, 4) is 0 Å². The van der Waals surface area contributed by atoms with Gasteiger partial charge in [-0.3, -0.25) is 9.59 Å². The Morgan fingerprint density at radius 3 is 2.64 bits per heavy atom. The third-order valence-electron chi connectivity index (χ3n) is 1.99. The molecule has 0 spiro atoms. The summed E-state index contributed by atoms with van der Waals surface area (Å²) >= 11 is 3.03. The first kappa shape index (κ1) is 11.0. The van der Waals surface area contributed by atoms with Crippen LogP contribution in [0.1, 0.15) is 0 Å². The Balaban J connectivity index is 3.04. The van der Waals surface area contributed by atoms with E-state index in [-0.39, 0.29) is 0 Å². The van der Waals surface area contributed by atoms with Crippen molar-refractivity contribution in [3.63, 3.8) is 0 Å². The van der Waals surface area contributed by atoms with E-state index in [2.05, 4.69) is 20.7 Å². The Hall–Kier alpha value is -1.10. The predicted octanol–water partition coefficient (Wildman–Crippen LogP) is 1.12. The van der Waals surface area contributed by atoms with Gasteiger partial charge in [-0.15, -0.1) is 0 Å². The highest BCUT2D eigenvalue weighted by Gasteiger charge is 2.45. The molecule has 2 atom stereocenters. The second kappa shape index (κ2) is 3.96. The van der Waals surface area contributed by atoms with Crippen LogP contribution in [0.15, 0.2) is 24.3 Å². The van der Waals surface area contributed by atoms with Crippen LogP contribution in [-0.4, -0.2) is 28.5 Å². The molecule has 0 fully saturated rings. The fourth-order valence-electron chi connectivity index (χ4n) is 1.20. The first-order chi connectivity index (χ1) is 6.52. The average Bonchev–Trinajstić information content (AvgIpc) is 2.17. The predicted molar refractivity (Wildman–Crippen MR) is 53.1 cm³/mol. The topological polar surface area (TPSA) is 63.6 Å². The number of hydrogen-bond donors (Lipinski definition) is 1. The number of allylic oxidation sites excluding steroid dienone is 2. The Morgan fingerprint density at radius 1 is 1.50 bits per heavy atom. The van der Waals surface area contributed by atoms with E-state index in [1.165, 1.54) is 19.3 Å². The van der Waals surface area contributed by atoms with Crippen LogP contribution in [0.5, 0.6) is 0 Å². The number of methoxy groups -OCH3 is 1. The number of carbonyl (C=O) groups is 2. The van der Waals surface area contributed by atoms with E-state index in [1.54, 1.807) is 12.2 Å². The zero-order valence-electron chi connectivity index (χ0n) is 7.44. The summed E-state index contributed by atoms with van der Waals surface area (Å²) in [6.07, 6.45) is 6.10. The first-order valence-electron chi connectivity index (χ1n) is 3.88. The SMILES string of the molecule is COC(=O)C1C=CC=CC1(Br)C(=O)O. The van der Waals surface area contributed by atoms with Crippen LogP contribution in [0.2, 0.25) is 0 Å². The molecule has 0 aromatic heterocycles. The lowest BCUT2D eigenvalue weighted by Crippen LogP contribution is -2.42. The molecule has 1 rings (SSSR count). The zero-order valence-corrected chi connectivity index (χ0v) is 9.02. The van der Waals surface area contributed by atoms with Gasteiger partial charge < -0.3 is 9.84 Å². The largest absolute Gasteiger partial charge is 0.480 e. The summed E-state index contributed by atoms with van der Waals surface area (Å²) in [7, 11) is 1.23. The summed E-state index contributed by atoms with van der Waals surface area (Å²) in [5.74, 6) is -2.53. The number of alkyl halides is 1. The normalized spacial score (nSPS) is 30.0. The number of aliphatic carboxylic acids is 1. The highest BCUT2D eigenvalue weighted by Crippen LogP contribution is 2.34. The van der Waals surface area contributed by atoms with Gasteiger partial charge in [0.25, 0.3) is 0 Å². The van der Waals surface area contributed by atoms with Crippen LogP contribution in [0, 0.1) is 5.92 Å². The van der Waals surface area contributed by atoms with E-state index in [0.717, 1.165) is 0 Å². The highest BCUT2D eigenvalue weighted by molar-refractivity contribution is 9.10. The molecule has 0 heterocycles. The lowest BCUT2D eigenvalue weighted by molar-refractivity contribution is -0.150. The standard InChI is InChI=1S/C9H9BrO4/c1-14-7(11)6-4-2-3-5-9(6,10)8(12)13/h2-6H,1H3,(H,12,13). The first-order valence-corrected chi connectivity index (χ1v) is 4.68. The Labute approximate surface area is 89.4 Å². The number of ether oxygens (including phenoxy) is 1. The second-order valence-electron chi connectivity index (χ2n) is 2.82. The van der Waals surface area contributed by atoms with Crippen molar-refractivity contribution < 1.29 is 19.4 Å². The molecule has 2 unspecified atom stereocenters. The van der Waals surface area contributed by atoms with E-state index < -0.39 is 22.2 Å². The average molecular weight is 261 g/mol. The molecule has 0 radical (unpaired) electrons. The van der Waals surface area contributed by atoms with E-state index >= 15 is 0 Å². The molecular weight excluding hydrogens is 252 g/mol. The van der Waals surface area contributed by atoms with E-state index in [4.69, 9.17) is 5.11 Å². The van der Waals surface area contributed by atoms with Crippen molar-refractivity contribution in [2.24, 2.45) is 5.92 Å². The molecule has 1 N–H and O–H groups in total. The van der Waals surface area contributed by atoms with E-state index in [9.17, 15) is 9.59 Å². The maximum atomic E-state index is 11.3. The van der Waals surface area contributed by atoms with E-state index in [0.29, 0.717) is 0 Å². The minimum absolute atomic E-state index is 0.579. The number of hydrogen-bond acceptors (Lipinski definition) is 3. The lowest BCUT2D eigenvalue weighted by Gasteiger charge is -2.26. The quantitative estimate of drug-likeness (QED) is 0.597. The molecule has 0 saturated heterocycles. The molecule has 0 aromatic carbocycles.